The minimum Gasteiger partial charge on any atom is -0.503 e. The number of methoxy groups -OCH3 is 2. The molecule has 0 fully saturated rings. The first-order chi connectivity index (χ1) is 11.2. The lowest BCUT2D eigenvalue weighted by Crippen LogP contribution is -2.33. The van der Waals surface area contributed by atoms with Crippen LogP contribution in [0.25, 0.3) is 0 Å². The second kappa shape index (κ2) is 6.37. The normalized spacial score (nSPS) is 20.1. The highest BCUT2D eigenvalue weighted by Gasteiger charge is 2.40. The van der Waals surface area contributed by atoms with Gasteiger partial charge in [-0.05, 0) is 19.1 Å². The summed E-state index contributed by atoms with van der Waals surface area (Å²) in [5.41, 5.74) is 2.27. The SMILES string of the molecule is CO/C=C(/C(=O)OC)C1=C(C)N2N=CN(c3ccccc3)C2S1. The summed E-state index contributed by atoms with van der Waals surface area (Å²) in [5, 5.41) is 6.34. The van der Waals surface area contributed by atoms with Crippen molar-refractivity contribution in [2.75, 3.05) is 19.1 Å². The van der Waals surface area contributed by atoms with E-state index in [4.69, 9.17) is 9.47 Å². The molecule has 0 aromatic heterocycles. The van der Waals surface area contributed by atoms with Crippen LogP contribution < -0.4 is 4.90 Å². The fraction of sp³-hybridized carbons (Fsp3) is 0.250. The van der Waals surface area contributed by atoms with E-state index in [1.165, 1.54) is 20.5 Å². The number of para-hydroxylation sites is 1. The van der Waals surface area contributed by atoms with Crippen molar-refractivity contribution in [2.24, 2.45) is 5.10 Å². The van der Waals surface area contributed by atoms with E-state index < -0.39 is 5.97 Å². The van der Waals surface area contributed by atoms with E-state index in [-0.39, 0.29) is 5.50 Å². The van der Waals surface area contributed by atoms with Gasteiger partial charge in [0.05, 0.1) is 26.2 Å². The fourth-order valence-corrected chi connectivity index (χ4v) is 3.81. The van der Waals surface area contributed by atoms with Crippen LogP contribution >= 0.6 is 11.8 Å². The molecule has 2 aliphatic rings. The van der Waals surface area contributed by atoms with E-state index in [9.17, 15) is 4.79 Å². The largest absolute Gasteiger partial charge is 0.503 e. The molecule has 6 nitrogen and oxygen atoms in total. The van der Waals surface area contributed by atoms with E-state index in [1.807, 2.05) is 42.3 Å². The molecule has 0 spiro atoms. The molecule has 1 aromatic rings. The Morgan fingerprint density at radius 2 is 2.04 bits per heavy atom. The van der Waals surface area contributed by atoms with Crippen LogP contribution in [-0.4, -0.2) is 37.0 Å². The summed E-state index contributed by atoms with van der Waals surface area (Å²) in [7, 11) is 2.87. The average Bonchev–Trinajstić information content (AvgIpc) is 3.13. The molecule has 0 N–H and O–H groups in total. The van der Waals surface area contributed by atoms with E-state index in [1.54, 1.807) is 18.1 Å². The summed E-state index contributed by atoms with van der Waals surface area (Å²) < 4.78 is 9.89. The molecule has 1 atom stereocenters. The monoisotopic (exact) mass is 331 g/mol. The topological polar surface area (TPSA) is 54.4 Å². The summed E-state index contributed by atoms with van der Waals surface area (Å²) in [4.78, 5) is 14.9. The smallest absolute Gasteiger partial charge is 0.342 e. The second-order valence-corrected chi connectivity index (χ2v) is 6.00. The van der Waals surface area contributed by atoms with Crippen LogP contribution in [0.3, 0.4) is 0 Å². The van der Waals surface area contributed by atoms with E-state index in [0.717, 1.165) is 16.3 Å². The Labute approximate surface area is 139 Å². The van der Waals surface area contributed by atoms with Gasteiger partial charge in [0.1, 0.15) is 11.9 Å². The Kier molecular flexibility index (Phi) is 4.29. The first-order valence-electron chi connectivity index (χ1n) is 7.03. The van der Waals surface area contributed by atoms with Gasteiger partial charge in [-0.1, -0.05) is 30.0 Å². The number of carbonyl (C=O) groups is 1. The quantitative estimate of drug-likeness (QED) is 0.480. The highest BCUT2D eigenvalue weighted by atomic mass is 32.2. The molecule has 0 amide bonds. The Morgan fingerprint density at radius 3 is 2.70 bits per heavy atom. The standard InChI is InChI=1S/C16H17N3O3S/c1-11-14(13(9-21-2)15(20)22-3)23-16-18(10-17-19(11)16)12-7-5-4-6-8-12/h4-10,16H,1-3H3/b13-9+. The maximum Gasteiger partial charge on any atom is 0.342 e. The summed E-state index contributed by atoms with van der Waals surface area (Å²) in [6, 6.07) is 9.99. The lowest BCUT2D eigenvalue weighted by atomic mass is 10.2. The molecule has 0 saturated carbocycles. The predicted molar refractivity (Wildman–Crippen MR) is 90.4 cm³/mol. The number of hydrogen-bond donors (Lipinski definition) is 0. The Hall–Kier alpha value is -2.41. The van der Waals surface area contributed by atoms with Crippen LogP contribution in [0.15, 0.2) is 57.9 Å². The van der Waals surface area contributed by atoms with Gasteiger partial charge < -0.3 is 9.47 Å². The highest BCUT2D eigenvalue weighted by Crippen LogP contribution is 2.46. The first-order valence-corrected chi connectivity index (χ1v) is 7.91. The van der Waals surface area contributed by atoms with Gasteiger partial charge in [0.2, 0.25) is 0 Å². The van der Waals surface area contributed by atoms with Gasteiger partial charge in [-0.15, -0.1) is 0 Å². The number of esters is 1. The van der Waals surface area contributed by atoms with Crippen molar-refractivity contribution in [3.63, 3.8) is 0 Å². The Morgan fingerprint density at radius 1 is 1.30 bits per heavy atom. The lowest BCUT2D eigenvalue weighted by Gasteiger charge is -2.24. The van der Waals surface area contributed by atoms with Crippen molar-refractivity contribution in [1.82, 2.24) is 5.01 Å². The second-order valence-electron chi connectivity index (χ2n) is 4.94. The minimum atomic E-state index is -0.426. The number of fused-ring (bicyclic) bond motifs is 1. The van der Waals surface area contributed by atoms with Gasteiger partial charge in [-0.2, -0.15) is 5.10 Å². The first kappa shape index (κ1) is 15.5. The van der Waals surface area contributed by atoms with Crippen LogP contribution in [0.2, 0.25) is 0 Å². The molecule has 0 saturated heterocycles. The number of ether oxygens (including phenoxy) is 2. The van der Waals surface area contributed by atoms with Crippen molar-refractivity contribution >= 4 is 29.8 Å². The molecule has 0 bridgehead atoms. The molecule has 1 aromatic carbocycles. The average molecular weight is 331 g/mol. The third-order valence-electron chi connectivity index (χ3n) is 3.58. The minimum absolute atomic E-state index is 0.0580. The molecule has 7 heteroatoms. The van der Waals surface area contributed by atoms with Crippen LogP contribution in [0.5, 0.6) is 0 Å². The molecule has 1 unspecified atom stereocenters. The Bertz CT molecular complexity index is 700. The third-order valence-corrected chi connectivity index (χ3v) is 4.97. The Balaban J connectivity index is 1.90. The van der Waals surface area contributed by atoms with Gasteiger partial charge in [0, 0.05) is 10.6 Å². The number of allylic oxidation sites excluding steroid dienone is 1. The number of rotatable bonds is 4. The number of benzene rings is 1. The van der Waals surface area contributed by atoms with Crippen molar-refractivity contribution in [1.29, 1.82) is 0 Å². The number of nitrogens with zero attached hydrogens (tertiary/aromatic N) is 3. The summed E-state index contributed by atoms with van der Waals surface area (Å²) in [6.45, 7) is 1.93. The molecule has 0 radical (unpaired) electrons. The van der Waals surface area contributed by atoms with Gasteiger partial charge in [0.15, 0.2) is 5.50 Å². The molecular formula is C16H17N3O3S. The number of carbonyl (C=O) groups excluding carboxylic acids is 1. The van der Waals surface area contributed by atoms with Gasteiger partial charge in [-0.25, -0.2) is 9.80 Å². The molecule has 3 rings (SSSR count). The summed E-state index contributed by atoms with van der Waals surface area (Å²) in [6.07, 6.45) is 3.21. The molecule has 120 valence electrons. The fourth-order valence-electron chi connectivity index (χ4n) is 2.47. The molecule has 0 aliphatic carbocycles. The molecule has 23 heavy (non-hydrogen) atoms. The molecular weight excluding hydrogens is 314 g/mol. The van der Waals surface area contributed by atoms with E-state index >= 15 is 0 Å². The summed E-state index contributed by atoms with van der Waals surface area (Å²) >= 11 is 1.54. The van der Waals surface area contributed by atoms with Crippen molar-refractivity contribution in [3.8, 4) is 0 Å². The zero-order valence-corrected chi connectivity index (χ0v) is 13.9. The highest BCUT2D eigenvalue weighted by molar-refractivity contribution is 8.04. The maximum absolute atomic E-state index is 12.0. The van der Waals surface area contributed by atoms with E-state index in [0.29, 0.717) is 5.57 Å². The number of hydrazone groups is 1. The number of hydrogen-bond acceptors (Lipinski definition) is 7. The molecule has 2 aliphatic heterocycles. The summed E-state index contributed by atoms with van der Waals surface area (Å²) in [5.74, 6) is -0.426. The lowest BCUT2D eigenvalue weighted by molar-refractivity contribution is -0.135. The van der Waals surface area contributed by atoms with Crippen LogP contribution in [0.4, 0.5) is 5.69 Å². The number of anilines is 1. The van der Waals surface area contributed by atoms with Crippen molar-refractivity contribution < 1.29 is 14.3 Å². The van der Waals surface area contributed by atoms with Gasteiger partial charge >= 0.3 is 5.97 Å². The van der Waals surface area contributed by atoms with Crippen LogP contribution in [0, 0.1) is 0 Å². The van der Waals surface area contributed by atoms with Gasteiger partial charge in [0.25, 0.3) is 0 Å². The zero-order chi connectivity index (χ0) is 16.4. The predicted octanol–water partition coefficient (Wildman–Crippen LogP) is 2.72. The van der Waals surface area contributed by atoms with Crippen molar-refractivity contribution in [2.45, 2.75) is 12.4 Å². The zero-order valence-electron chi connectivity index (χ0n) is 13.1. The van der Waals surface area contributed by atoms with Gasteiger partial charge in [-0.3, -0.25) is 4.90 Å². The van der Waals surface area contributed by atoms with Crippen molar-refractivity contribution in [3.05, 3.63) is 52.8 Å². The van der Waals surface area contributed by atoms with Crippen LogP contribution in [-0.2, 0) is 14.3 Å². The third kappa shape index (κ3) is 2.68. The van der Waals surface area contributed by atoms with E-state index in [2.05, 4.69) is 10.0 Å². The van der Waals surface area contributed by atoms with Crippen LogP contribution in [0.1, 0.15) is 6.92 Å². The molecule has 2 heterocycles. The number of thioether (sulfide) groups is 1. The maximum atomic E-state index is 12.0.